The van der Waals surface area contributed by atoms with E-state index in [0.29, 0.717) is 24.3 Å². The molecule has 3 aromatic carbocycles. The van der Waals surface area contributed by atoms with Crippen LogP contribution in [-0.4, -0.2) is 77.4 Å². The Kier molecular flexibility index (Phi) is 9.90. The molecule has 0 bridgehead atoms. The molecular weight excluding hydrogens is 599 g/mol. The summed E-state index contributed by atoms with van der Waals surface area (Å²) >= 11 is 0. The number of esters is 1. The summed E-state index contributed by atoms with van der Waals surface area (Å²) in [6.07, 6.45) is 0.863. The molecule has 1 aromatic heterocycles. The zero-order chi connectivity index (χ0) is 32.6. The minimum atomic E-state index is -0.812. The first kappa shape index (κ1) is 31.5. The Labute approximate surface area is 272 Å². The first-order chi connectivity index (χ1) is 22.9. The summed E-state index contributed by atoms with van der Waals surface area (Å²) in [6.45, 7) is 12.3. The second kappa shape index (κ2) is 14.8. The van der Waals surface area contributed by atoms with Gasteiger partial charge in [-0.05, 0) is 41.0 Å². The van der Waals surface area contributed by atoms with Gasteiger partial charge in [-0.3, -0.25) is 9.89 Å². The Morgan fingerprint density at radius 2 is 1.81 bits per heavy atom. The number of hydrogen-bond donors (Lipinski definition) is 4. The van der Waals surface area contributed by atoms with Gasteiger partial charge in [0.1, 0.15) is 11.9 Å². The van der Waals surface area contributed by atoms with Crippen molar-refractivity contribution in [3.05, 3.63) is 101 Å². The van der Waals surface area contributed by atoms with Crippen molar-refractivity contribution < 1.29 is 13.9 Å². The van der Waals surface area contributed by atoms with Crippen LogP contribution in [-0.2, 0) is 28.9 Å². The number of piperazine rings is 1. The van der Waals surface area contributed by atoms with Gasteiger partial charge < -0.3 is 26.0 Å². The number of nitrogens with one attached hydrogen (secondary N) is 4. The number of benzene rings is 3. The number of anilines is 4. The molecule has 0 aliphatic carbocycles. The lowest BCUT2D eigenvalue weighted by Gasteiger charge is -2.27. The summed E-state index contributed by atoms with van der Waals surface area (Å²) in [6, 6.07) is 18.9. The average Bonchev–Trinajstić information content (AvgIpc) is 3.49. The van der Waals surface area contributed by atoms with Crippen LogP contribution in [0.1, 0.15) is 16.7 Å². The fourth-order valence-electron chi connectivity index (χ4n) is 5.52. The summed E-state index contributed by atoms with van der Waals surface area (Å²) < 4.78 is 18.8. The van der Waals surface area contributed by atoms with Crippen molar-refractivity contribution >= 4 is 46.6 Å². The maximum atomic E-state index is 13.7. The lowest BCUT2D eigenvalue weighted by Crippen LogP contribution is -2.42. The number of carbonyl (C=O) groups is 1. The second-order valence-electron chi connectivity index (χ2n) is 11.3. The lowest BCUT2D eigenvalue weighted by molar-refractivity contribution is -0.141. The average molecular weight is 635 g/mol. The first-order valence-corrected chi connectivity index (χ1v) is 15.4. The molecule has 1 atom stereocenters. The van der Waals surface area contributed by atoms with Crippen LogP contribution in [0.4, 0.5) is 39.3 Å². The van der Waals surface area contributed by atoms with Crippen LogP contribution in [0.3, 0.4) is 0 Å². The highest BCUT2D eigenvalue weighted by Gasteiger charge is 2.22. The molecule has 1 saturated heterocycles. The van der Waals surface area contributed by atoms with E-state index in [0.717, 1.165) is 60.8 Å². The highest BCUT2D eigenvalue weighted by molar-refractivity contribution is 5.96. The van der Waals surface area contributed by atoms with E-state index in [4.69, 9.17) is 11.3 Å². The van der Waals surface area contributed by atoms with Crippen molar-refractivity contribution in [2.45, 2.75) is 25.4 Å². The third-order valence-electron chi connectivity index (χ3n) is 7.90. The van der Waals surface area contributed by atoms with Gasteiger partial charge >= 0.3 is 5.97 Å². The topological polar surface area (TPSA) is 133 Å². The number of fused-ring (bicyclic) bond motifs is 1. The molecule has 0 amide bonds. The normalized spacial score (nSPS) is 14.8. The number of ether oxygens (including phenoxy) is 1. The van der Waals surface area contributed by atoms with Crippen molar-refractivity contribution in [2.24, 2.45) is 4.99 Å². The van der Waals surface area contributed by atoms with E-state index in [9.17, 15) is 9.18 Å². The largest absolute Gasteiger partial charge is 0.467 e. The zero-order valence-corrected chi connectivity index (χ0v) is 26.0. The SMILES string of the molecule is [C-]#[N+]c1ccc(C[C@H](Nc2nc(NCC3=Nc4cc(F)ccc4C3)nc(Nc3cccc(CN4CCNCC4)c3)n2)C(=O)OC)cc1. The van der Waals surface area contributed by atoms with E-state index >= 15 is 0 Å². The second-order valence-corrected chi connectivity index (χ2v) is 11.3. The molecule has 0 spiro atoms. The van der Waals surface area contributed by atoms with Crippen LogP contribution in [0.25, 0.3) is 4.85 Å². The van der Waals surface area contributed by atoms with Gasteiger partial charge in [-0.1, -0.05) is 42.5 Å². The summed E-state index contributed by atoms with van der Waals surface area (Å²) in [5.74, 6) is -0.126. The van der Waals surface area contributed by atoms with E-state index in [-0.39, 0.29) is 30.1 Å². The van der Waals surface area contributed by atoms with Crippen LogP contribution in [0, 0.1) is 12.4 Å². The highest BCUT2D eigenvalue weighted by Crippen LogP contribution is 2.27. The number of methoxy groups -OCH3 is 1. The van der Waals surface area contributed by atoms with E-state index in [2.05, 4.69) is 63.1 Å². The van der Waals surface area contributed by atoms with E-state index in [1.165, 1.54) is 19.2 Å². The molecule has 4 aromatic rings. The number of aliphatic imine (C=N–C) groups is 1. The van der Waals surface area contributed by atoms with Gasteiger partial charge in [0.25, 0.3) is 0 Å². The van der Waals surface area contributed by atoms with Crippen molar-refractivity contribution in [2.75, 3.05) is 55.8 Å². The molecule has 2 aliphatic heterocycles. The van der Waals surface area contributed by atoms with Crippen LogP contribution in [0.15, 0.2) is 71.7 Å². The predicted molar refractivity (Wildman–Crippen MR) is 179 cm³/mol. The minimum Gasteiger partial charge on any atom is -0.467 e. The monoisotopic (exact) mass is 634 g/mol. The maximum absolute atomic E-state index is 13.7. The fourth-order valence-corrected chi connectivity index (χ4v) is 5.52. The Balaban J connectivity index is 1.23. The molecular formula is C34H35FN10O2. The van der Waals surface area contributed by atoms with Gasteiger partial charge in [0, 0.05) is 57.0 Å². The summed E-state index contributed by atoms with van der Waals surface area (Å²) in [4.78, 5) is 37.0. The zero-order valence-electron chi connectivity index (χ0n) is 26.0. The van der Waals surface area contributed by atoms with Gasteiger partial charge in [0.15, 0.2) is 5.69 Å². The maximum Gasteiger partial charge on any atom is 0.328 e. The van der Waals surface area contributed by atoms with Crippen molar-refractivity contribution in [1.82, 2.24) is 25.2 Å². The number of hydrogen-bond acceptors (Lipinski definition) is 11. The molecule has 0 saturated carbocycles. The Morgan fingerprint density at radius 1 is 1.02 bits per heavy atom. The minimum absolute atomic E-state index is 0.161. The van der Waals surface area contributed by atoms with E-state index in [1.807, 2.05) is 12.1 Å². The molecule has 12 nitrogen and oxygen atoms in total. The fraction of sp³-hybridized carbons (Fsp3) is 0.294. The number of halogens is 1. The molecule has 240 valence electrons. The van der Waals surface area contributed by atoms with Gasteiger partial charge in [0.2, 0.25) is 17.8 Å². The molecule has 3 heterocycles. The smallest absolute Gasteiger partial charge is 0.328 e. The van der Waals surface area contributed by atoms with E-state index in [1.54, 1.807) is 30.3 Å². The van der Waals surface area contributed by atoms with Crippen molar-refractivity contribution in [3.63, 3.8) is 0 Å². The molecule has 4 N–H and O–H groups in total. The first-order valence-electron chi connectivity index (χ1n) is 15.4. The summed E-state index contributed by atoms with van der Waals surface area (Å²) in [5, 5.41) is 13.0. The number of carbonyl (C=O) groups excluding carboxylic acids is 1. The molecule has 13 heteroatoms. The van der Waals surface area contributed by atoms with E-state index < -0.39 is 12.0 Å². The van der Waals surface area contributed by atoms with Crippen LogP contribution in [0.5, 0.6) is 0 Å². The molecule has 1 fully saturated rings. The standard InChI is InChI=1S/C34H35FN10O2/c1-36-26-10-6-22(7-11-26)17-30(31(46)47-2)41-34-43-32(38-20-28-18-24-8-9-25(35)19-29(24)39-28)42-33(44-34)40-27-5-3-4-23(16-27)21-45-14-12-37-13-15-45/h3-11,16,19,30,37H,12-15,17-18,20-21H2,2H3,(H3,38,40,41,42,43,44)/t30-/m0/s1. The number of aromatic nitrogens is 3. The molecule has 0 unspecified atom stereocenters. The van der Waals surface area contributed by atoms with Crippen LogP contribution in [0.2, 0.25) is 0 Å². The molecule has 2 aliphatic rings. The predicted octanol–water partition coefficient (Wildman–Crippen LogP) is 4.65. The van der Waals surface area contributed by atoms with Gasteiger partial charge in [-0.2, -0.15) is 15.0 Å². The third-order valence-corrected chi connectivity index (χ3v) is 7.90. The quantitative estimate of drug-likeness (QED) is 0.129. The summed E-state index contributed by atoms with van der Waals surface area (Å²) in [7, 11) is 1.33. The molecule has 0 radical (unpaired) electrons. The molecule has 6 rings (SSSR count). The molecule has 47 heavy (non-hydrogen) atoms. The third kappa shape index (κ3) is 8.43. The number of nitrogens with zero attached hydrogens (tertiary/aromatic N) is 6. The number of rotatable bonds is 12. The Bertz CT molecular complexity index is 1800. The Morgan fingerprint density at radius 3 is 2.60 bits per heavy atom. The summed E-state index contributed by atoms with van der Waals surface area (Å²) in [5.41, 5.74) is 5.70. The highest BCUT2D eigenvalue weighted by atomic mass is 19.1. The van der Waals surface area contributed by atoms with Gasteiger partial charge in [-0.25, -0.2) is 14.0 Å². The van der Waals surface area contributed by atoms with Crippen molar-refractivity contribution in [1.29, 1.82) is 0 Å². The Hall–Kier alpha value is -5.45. The van der Waals surface area contributed by atoms with Crippen LogP contribution >= 0.6 is 0 Å². The van der Waals surface area contributed by atoms with Gasteiger partial charge in [0.05, 0.1) is 25.9 Å². The van der Waals surface area contributed by atoms with Crippen LogP contribution < -0.4 is 21.3 Å². The van der Waals surface area contributed by atoms with Crippen molar-refractivity contribution in [3.8, 4) is 0 Å². The van der Waals surface area contributed by atoms with Gasteiger partial charge in [-0.15, -0.1) is 0 Å². The lowest BCUT2D eigenvalue weighted by atomic mass is 10.1.